The fraction of sp³-hybridized carbons (Fsp3) is 0.533. The maximum atomic E-state index is 11.4. The Morgan fingerprint density at radius 2 is 1.76 bits per heavy atom. The highest BCUT2D eigenvalue weighted by Crippen LogP contribution is 2.33. The molecular weight excluding hydrogens is 272 g/mol. The molecule has 0 amide bonds. The molecule has 0 fully saturated rings. The van der Waals surface area contributed by atoms with Gasteiger partial charge in [0, 0.05) is 19.2 Å². The van der Waals surface area contributed by atoms with Gasteiger partial charge in [0.25, 0.3) is 5.69 Å². The predicted molar refractivity (Wildman–Crippen MR) is 81.9 cm³/mol. The quantitative estimate of drug-likeness (QED) is 0.615. The molecule has 1 N–H and O–H groups in total. The molecule has 0 bridgehead atoms. The van der Waals surface area contributed by atoms with Crippen LogP contribution in [0.4, 0.5) is 11.4 Å². The van der Waals surface area contributed by atoms with Crippen LogP contribution in [0.25, 0.3) is 0 Å². The lowest BCUT2D eigenvalue weighted by atomic mass is 10.1. The number of nitro benzene ring substituents is 1. The third-order valence-electron chi connectivity index (χ3n) is 2.93. The zero-order valence-corrected chi connectivity index (χ0v) is 12.9. The number of carbonyl (C=O) groups is 1. The number of hydrogen-bond acceptors (Lipinski definition) is 4. The van der Waals surface area contributed by atoms with Gasteiger partial charge in [-0.25, -0.2) is 4.79 Å². The Bertz CT molecular complexity index is 484. The van der Waals surface area contributed by atoms with E-state index < -0.39 is 10.9 Å². The van der Waals surface area contributed by atoms with Crippen molar-refractivity contribution in [3.63, 3.8) is 0 Å². The fourth-order valence-electron chi connectivity index (χ4n) is 2.32. The lowest BCUT2D eigenvalue weighted by molar-refractivity contribution is -0.384. The highest BCUT2D eigenvalue weighted by atomic mass is 16.6. The van der Waals surface area contributed by atoms with E-state index in [4.69, 9.17) is 0 Å². The molecule has 0 heterocycles. The normalized spacial score (nSPS) is 11.0. The summed E-state index contributed by atoms with van der Waals surface area (Å²) in [6.07, 6.45) is 0. The van der Waals surface area contributed by atoms with Gasteiger partial charge in [-0.1, -0.05) is 33.8 Å². The zero-order chi connectivity index (χ0) is 16.2. The molecule has 21 heavy (non-hydrogen) atoms. The number of aromatic carboxylic acids is 1. The monoisotopic (exact) mass is 294 g/mol. The molecule has 0 aliphatic carbocycles. The van der Waals surface area contributed by atoms with Gasteiger partial charge < -0.3 is 10.0 Å². The summed E-state index contributed by atoms with van der Waals surface area (Å²) >= 11 is 0. The van der Waals surface area contributed by atoms with Crippen LogP contribution < -0.4 is 4.90 Å². The number of rotatable bonds is 7. The number of benzene rings is 1. The lowest BCUT2D eigenvalue weighted by Gasteiger charge is -2.29. The summed E-state index contributed by atoms with van der Waals surface area (Å²) in [5.74, 6) is -0.610. The molecule has 0 spiro atoms. The Hall–Kier alpha value is -2.11. The van der Waals surface area contributed by atoms with Crippen LogP contribution in [0.2, 0.25) is 0 Å². The van der Waals surface area contributed by atoms with Crippen molar-refractivity contribution in [1.82, 2.24) is 0 Å². The molecule has 0 radical (unpaired) electrons. The molecule has 6 heteroatoms. The molecule has 1 aromatic rings. The summed E-state index contributed by atoms with van der Waals surface area (Å²) in [5, 5.41) is 20.6. The van der Waals surface area contributed by atoms with E-state index in [0.717, 1.165) is 0 Å². The third kappa shape index (κ3) is 4.44. The van der Waals surface area contributed by atoms with Crippen LogP contribution in [-0.2, 0) is 0 Å². The van der Waals surface area contributed by atoms with Gasteiger partial charge in [0.1, 0.15) is 5.69 Å². The molecule has 0 aliphatic heterocycles. The van der Waals surface area contributed by atoms with Crippen LogP contribution in [0.1, 0.15) is 38.1 Å². The van der Waals surface area contributed by atoms with Crippen LogP contribution in [0.3, 0.4) is 0 Å². The largest absolute Gasteiger partial charge is 0.478 e. The zero-order valence-electron chi connectivity index (χ0n) is 12.9. The minimum atomic E-state index is -1.15. The number of carboxylic acid groups (broad SMARTS) is 1. The van der Waals surface area contributed by atoms with Gasteiger partial charge in [-0.3, -0.25) is 10.1 Å². The summed E-state index contributed by atoms with van der Waals surface area (Å²) in [6.45, 7) is 9.16. The second-order valence-corrected chi connectivity index (χ2v) is 5.93. The van der Waals surface area contributed by atoms with E-state index in [1.54, 1.807) is 0 Å². The first-order valence-electron chi connectivity index (χ1n) is 6.99. The molecule has 0 atom stereocenters. The van der Waals surface area contributed by atoms with E-state index in [2.05, 4.69) is 0 Å². The van der Waals surface area contributed by atoms with Crippen molar-refractivity contribution in [1.29, 1.82) is 0 Å². The Morgan fingerprint density at radius 1 is 1.24 bits per heavy atom. The summed E-state index contributed by atoms with van der Waals surface area (Å²) in [7, 11) is 0. The maximum Gasteiger partial charge on any atom is 0.338 e. The van der Waals surface area contributed by atoms with Crippen molar-refractivity contribution in [2.45, 2.75) is 27.7 Å². The van der Waals surface area contributed by atoms with E-state index in [9.17, 15) is 20.0 Å². The first-order valence-corrected chi connectivity index (χ1v) is 6.99. The number of hydrogen-bond donors (Lipinski definition) is 1. The van der Waals surface area contributed by atoms with Crippen LogP contribution >= 0.6 is 0 Å². The van der Waals surface area contributed by atoms with Crippen molar-refractivity contribution in [2.24, 2.45) is 11.8 Å². The topological polar surface area (TPSA) is 83.7 Å². The molecule has 6 nitrogen and oxygen atoms in total. The number of nitrogens with zero attached hydrogens (tertiary/aromatic N) is 2. The van der Waals surface area contributed by atoms with Crippen LogP contribution in [0, 0.1) is 22.0 Å². The Morgan fingerprint density at radius 3 is 2.14 bits per heavy atom. The highest BCUT2D eigenvalue weighted by Gasteiger charge is 2.27. The average Bonchev–Trinajstić information content (AvgIpc) is 2.35. The van der Waals surface area contributed by atoms with Crippen LogP contribution in [-0.4, -0.2) is 29.1 Å². The van der Waals surface area contributed by atoms with Crippen molar-refractivity contribution in [2.75, 3.05) is 18.0 Å². The third-order valence-corrected chi connectivity index (χ3v) is 2.93. The van der Waals surface area contributed by atoms with Gasteiger partial charge >= 0.3 is 5.97 Å². The first-order chi connectivity index (χ1) is 9.73. The molecule has 1 rings (SSSR count). The molecule has 0 unspecified atom stereocenters. The first kappa shape index (κ1) is 16.9. The molecule has 1 aromatic carbocycles. The number of para-hydroxylation sites is 1. The summed E-state index contributed by atoms with van der Waals surface area (Å²) in [5.41, 5.74) is 0.0269. The van der Waals surface area contributed by atoms with Gasteiger partial charge in [0.05, 0.1) is 10.5 Å². The Labute approximate surface area is 124 Å². The smallest absolute Gasteiger partial charge is 0.338 e. The molecule has 116 valence electrons. The van der Waals surface area contributed by atoms with Gasteiger partial charge in [0.15, 0.2) is 0 Å². The van der Waals surface area contributed by atoms with Crippen molar-refractivity contribution < 1.29 is 14.8 Å². The molecule has 0 aromatic heterocycles. The maximum absolute atomic E-state index is 11.4. The Kier molecular flexibility index (Phi) is 5.69. The van der Waals surface area contributed by atoms with E-state index in [1.807, 2.05) is 32.6 Å². The van der Waals surface area contributed by atoms with Gasteiger partial charge in [-0.15, -0.1) is 0 Å². The standard InChI is InChI=1S/C15H22N2O4/c1-10(2)8-16(9-11(3)4)14-12(15(18)19)6-5-7-13(14)17(20)21/h5-7,10-11H,8-9H2,1-4H3,(H,18,19). The van der Waals surface area contributed by atoms with Crippen LogP contribution in [0.15, 0.2) is 18.2 Å². The average molecular weight is 294 g/mol. The molecular formula is C15H22N2O4. The Balaban J connectivity index is 3.44. The van der Waals surface area contributed by atoms with E-state index >= 15 is 0 Å². The summed E-state index contributed by atoms with van der Waals surface area (Å²) in [4.78, 5) is 24.0. The molecule has 0 saturated carbocycles. The second-order valence-electron chi connectivity index (χ2n) is 5.93. The fourth-order valence-corrected chi connectivity index (χ4v) is 2.32. The number of nitro groups is 1. The van der Waals surface area contributed by atoms with Crippen molar-refractivity contribution in [3.8, 4) is 0 Å². The second kappa shape index (κ2) is 7.06. The highest BCUT2D eigenvalue weighted by molar-refractivity contribution is 5.97. The SMILES string of the molecule is CC(C)CN(CC(C)C)c1c(C(=O)O)cccc1[N+](=O)[O-]. The molecule has 0 saturated heterocycles. The van der Waals surface area contributed by atoms with Gasteiger partial charge in [0.2, 0.25) is 0 Å². The predicted octanol–water partition coefficient (Wildman–Crippen LogP) is 3.41. The minimum absolute atomic E-state index is 0.0227. The van der Waals surface area contributed by atoms with Crippen molar-refractivity contribution in [3.05, 3.63) is 33.9 Å². The van der Waals surface area contributed by atoms with Gasteiger partial charge in [-0.2, -0.15) is 0 Å². The summed E-state index contributed by atoms with van der Waals surface area (Å²) in [6, 6.07) is 4.18. The van der Waals surface area contributed by atoms with E-state index in [0.29, 0.717) is 13.1 Å². The van der Waals surface area contributed by atoms with E-state index in [1.165, 1.54) is 18.2 Å². The number of carboxylic acids is 1. The lowest BCUT2D eigenvalue weighted by Crippen LogP contribution is -2.33. The van der Waals surface area contributed by atoms with Crippen molar-refractivity contribution >= 4 is 17.3 Å². The number of anilines is 1. The summed E-state index contributed by atoms with van der Waals surface area (Å²) < 4.78 is 0. The van der Waals surface area contributed by atoms with Gasteiger partial charge in [-0.05, 0) is 17.9 Å². The molecule has 0 aliphatic rings. The van der Waals surface area contributed by atoms with E-state index in [-0.39, 0.29) is 28.8 Å². The van der Waals surface area contributed by atoms with Crippen LogP contribution in [0.5, 0.6) is 0 Å². The minimum Gasteiger partial charge on any atom is -0.478 e.